The molecule has 17 heavy (non-hydrogen) atoms. The standard InChI is InChI=1S/C11H11FN2OS2/c1-7(17-16)11(15)14-6-9-3-2-8(5-13)4-10(9)12/h2-4,7,16H,6H2,1H3,(H,14,15). The molecule has 1 unspecified atom stereocenters. The fourth-order valence-corrected chi connectivity index (χ4v) is 1.60. The number of hydrogen-bond donors (Lipinski definition) is 2. The van der Waals surface area contributed by atoms with Gasteiger partial charge in [0.25, 0.3) is 0 Å². The summed E-state index contributed by atoms with van der Waals surface area (Å²) in [7, 11) is 1.12. The first-order valence-corrected chi connectivity index (χ1v) is 6.78. The van der Waals surface area contributed by atoms with Gasteiger partial charge in [-0.1, -0.05) is 16.9 Å². The molecular formula is C11H11FN2OS2. The van der Waals surface area contributed by atoms with E-state index in [0.29, 0.717) is 5.56 Å². The Balaban J connectivity index is 2.65. The van der Waals surface area contributed by atoms with Crippen molar-refractivity contribution < 1.29 is 9.18 Å². The van der Waals surface area contributed by atoms with E-state index >= 15 is 0 Å². The van der Waals surface area contributed by atoms with Gasteiger partial charge in [-0.3, -0.25) is 4.79 Å². The molecule has 0 bridgehead atoms. The number of hydrogen-bond acceptors (Lipinski definition) is 4. The molecule has 0 heterocycles. The first kappa shape index (κ1) is 13.9. The average molecular weight is 270 g/mol. The first-order valence-electron chi connectivity index (χ1n) is 4.85. The SMILES string of the molecule is CC(SS)C(=O)NCc1ccc(C#N)cc1F. The summed E-state index contributed by atoms with van der Waals surface area (Å²) in [5.74, 6) is -0.690. The average Bonchev–Trinajstić information content (AvgIpc) is 2.35. The van der Waals surface area contributed by atoms with Crippen molar-refractivity contribution in [1.29, 1.82) is 5.26 Å². The third-order valence-corrected chi connectivity index (χ3v) is 3.64. The van der Waals surface area contributed by atoms with Crippen LogP contribution in [0.15, 0.2) is 18.2 Å². The summed E-state index contributed by atoms with van der Waals surface area (Å²) in [5, 5.41) is 10.9. The van der Waals surface area contributed by atoms with E-state index in [-0.39, 0.29) is 23.3 Å². The molecule has 0 aliphatic carbocycles. The van der Waals surface area contributed by atoms with Crippen LogP contribution in [0.4, 0.5) is 4.39 Å². The Kier molecular flexibility index (Phi) is 5.32. The van der Waals surface area contributed by atoms with Gasteiger partial charge >= 0.3 is 0 Å². The highest BCUT2D eigenvalue weighted by molar-refractivity contribution is 8.69. The van der Waals surface area contributed by atoms with E-state index in [1.165, 1.54) is 12.1 Å². The zero-order valence-corrected chi connectivity index (χ0v) is 10.8. The minimum absolute atomic E-state index is 0.106. The van der Waals surface area contributed by atoms with Crippen LogP contribution in [0.5, 0.6) is 0 Å². The maximum absolute atomic E-state index is 13.4. The molecular weight excluding hydrogens is 259 g/mol. The topological polar surface area (TPSA) is 52.9 Å². The lowest BCUT2D eigenvalue weighted by Crippen LogP contribution is -2.30. The Morgan fingerprint density at radius 3 is 2.94 bits per heavy atom. The minimum Gasteiger partial charge on any atom is -0.351 e. The van der Waals surface area contributed by atoms with Crippen LogP contribution in [0.2, 0.25) is 0 Å². The molecule has 0 radical (unpaired) electrons. The van der Waals surface area contributed by atoms with E-state index in [2.05, 4.69) is 17.0 Å². The van der Waals surface area contributed by atoms with Crippen molar-refractivity contribution >= 4 is 28.4 Å². The van der Waals surface area contributed by atoms with Crippen LogP contribution in [0.1, 0.15) is 18.1 Å². The molecule has 1 rings (SSSR count). The molecule has 0 fully saturated rings. The third kappa shape index (κ3) is 3.95. The summed E-state index contributed by atoms with van der Waals surface area (Å²) in [5.41, 5.74) is 0.616. The van der Waals surface area contributed by atoms with Gasteiger partial charge in [-0.05, 0) is 19.1 Å². The van der Waals surface area contributed by atoms with Crippen LogP contribution < -0.4 is 5.32 Å². The van der Waals surface area contributed by atoms with Crippen LogP contribution in [0.25, 0.3) is 0 Å². The lowest BCUT2D eigenvalue weighted by molar-refractivity contribution is -0.120. The monoisotopic (exact) mass is 270 g/mol. The first-order chi connectivity index (χ1) is 8.08. The second-order valence-corrected chi connectivity index (χ2v) is 4.93. The van der Waals surface area contributed by atoms with Crippen molar-refractivity contribution in [2.75, 3.05) is 0 Å². The molecule has 90 valence electrons. The van der Waals surface area contributed by atoms with Crippen LogP contribution in [-0.2, 0) is 11.3 Å². The van der Waals surface area contributed by atoms with Crippen molar-refractivity contribution in [2.45, 2.75) is 18.7 Å². The molecule has 0 saturated carbocycles. The van der Waals surface area contributed by atoms with E-state index in [9.17, 15) is 9.18 Å². The molecule has 1 aromatic rings. The molecule has 0 saturated heterocycles. The van der Waals surface area contributed by atoms with E-state index in [0.717, 1.165) is 16.9 Å². The lowest BCUT2D eigenvalue weighted by atomic mass is 10.1. The van der Waals surface area contributed by atoms with Crippen LogP contribution in [0.3, 0.4) is 0 Å². The van der Waals surface area contributed by atoms with Gasteiger partial charge in [-0.2, -0.15) is 5.26 Å². The predicted octanol–water partition coefficient (Wildman–Crippen LogP) is 2.28. The van der Waals surface area contributed by atoms with Crippen LogP contribution >= 0.6 is 22.5 Å². The van der Waals surface area contributed by atoms with E-state index in [4.69, 9.17) is 5.26 Å². The Hall–Kier alpha value is -1.19. The van der Waals surface area contributed by atoms with Gasteiger partial charge in [0.1, 0.15) is 5.82 Å². The smallest absolute Gasteiger partial charge is 0.233 e. The van der Waals surface area contributed by atoms with E-state index in [1.54, 1.807) is 6.92 Å². The third-order valence-electron chi connectivity index (χ3n) is 2.16. The summed E-state index contributed by atoms with van der Waals surface area (Å²) >= 11 is 3.93. The molecule has 0 aliphatic rings. The Bertz CT molecular complexity index is 459. The van der Waals surface area contributed by atoms with Crippen molar-refractivity contribution in [3.05, 3.63) is 35.1 Å². The summed E-state index contributed by atoms with van der Waals surface area (Å²) in [6.07, 6.45) is 0. The largest absolute Gasteiger partial charge is 0.351 e. The summed E-state index contributed by atoms with van der Waals surface area (Å²) in [6, 6.07) is 6.01. The molecule has 1 N–H and O–H groups in total. The van der Waals surface area contributed by atoms with Gasteiger partial charge in [0, 0.05) is 12.1 Å². The van der Waals surface area contributed by atoms with Gasteiger partial charge < -0.3 is 5.32 Å². The number of benzene rings is 1. The molecule has 1 amide bonds. The maximum Gasteiger partial charge on any atom is 0.233 e. The van der Waals surface area contributed by atoms with E-state index < -0.39 is 5.82 Å². The van der Waals surface area contributed by atoms with Gasteiger partial charge in [0.15, 0.2) is 0 Å². The lowest BCUT2D eigenvalue weighted by Gasteiger charge is -2.09. The second-order valence-electron chi connectivity index (χ2n) is 3.38. The minimum atomic E-state index is -0.490. The number of rotatable bonds is 4. The number of nitrogens with one attached hydrogen (secondary N) is 1. The van der Waals surface area contributed by atoms with E-state index in [1.807, 2.05) is 6.07 Å². The van der Waals surface area contributed by atoms with Crippen molar-refractivity contribution in [2.24, 2.45) is 0 Å². The predicted molar refractivity (Wildman–Crippen MR) is 69.0 cm³/mol. The fraction of sp³-hybridized carbons (Fsp3) is 0.273. The summed E-state index contributed by atoms with van der Waals surface area (Å²) in [4.78, 5) is 11.4. The van der Waals surface area contributed by atoms with Crippen molar-refractivity contribution in [1.82, 2.24) is 5.32 Å². The number of thiol groups is 1. The van der Waals surface area contributed by atoms with Gasteiger partial charge in [0.05, 0.1) is 16.9 Å². The zero-order valence-electron chi connectivity index (χ0n) is 9.11. The molecule has 0 aliphatic heterocycles. The molecule has 3 nitrogen and oxygen atoms in total. The fourth-order valence-electron chi connectivity index (χ4n) is 1.13. The summed E-state index contributed by atoms with van der Waals surface area (Å²) < 4.78 is 13.4. The summed E-state index contributed by atoms with van der Waals surface area (Å²) in [6.45, 7) is 1.82. The number of carbonyl (C=O) groups is 1. The van der Waals surface area contributed by atoms with Crippen molar-refractivity contribution in [3.63, 3.8) is 0 Å². The Morgan fingerprint density at radius 1 is 1.71 bits per heavy atom. The number of nitrogens with zero attached hydrogens (tertiary/aromatic N) is 1. The number of carbonyl (C=O) groups excluding carboxylic acids is 1. The number of amides is 1. The molecule has 0 spiro atoms. The maximum atomic E-state index is 13.4. The Labute approximate surface area is 108 Å². The highest BCUT2D eigenvalue weighted by Crippen LogP contribution is 2.14. The molecule has 6 heteroatoms. The molecule has 1 aromatic carbocycles. The van der Waals surface area contributed by atoms with Crippen LogP contribution in [-0.4, -0.2) is 11.2 Å². The van der Waals surface area contributed by atoms with Gasteiger partial charge in [-0.25, -0.2) is 4.39 Å². The zero-order chi connectivity index (χ0) is 12.8. The highest BCUT2D eigenvalue weighted by Gasteiger charge is 2.12. The van der Waals surface area contributed by atoms with Crippen LogP contribution in [0, 0.1) is 17.1 Å². The number of nitriles is 1. The van der Waals surface area contributed by atoms with Crippen molar-refractivity contribution in [3.8, 4) is 6.07 Å². The molecule has 0 aromatic heterocycles. The number of halogens is 1. The Morgan fingerprint density at radius 2 is 2.41 bits per heavy atom. The second kappa shape index (κ2) is 6.52. The normalized spacial score (nSPS) is 11.6. The quantitative estimate of drug-likeness (QED) is 0.652. The highest BCUT2D eigenvalue weighted by atomic mass is 33.1. The molecule has 1 atom stereocenters. The van der Waals surface area contributed by atoms with Gasteiger partial charge in [0.2, 0.25) is 5.91 Å². The van der Waals surface area contributed by atoms with Gasteiger partial charge in [-0.15, -0.1) is 11.7 Å².